The highest BCUT2D eigenvalue weighted by Gasteiger charge is 2.26. The SMILES string of the molecule is COc1ccccc1C1CN(Cc2ccc(C#CC(C)(C)O)cc2)Cc2ccccc2O1. The van der Waals surface area contributed by atoms with Crippen molar-refractivity contribution >= 4 is 0 Å². The van der Waals surface area contributed by atoms with E-state index in [2.05, 4.69) is 47.1 Å². The average molecular weight is 428 g/mol. The summed E-state index contributed by atoms with van der Waals surface area (Å²) in [4.78, 5) is 2.40. The maximum absolute atomic E-state index is 9.81. The third-order valence-corrected chi connectivity index (χ3v) is 5.42. The van der Waals surface area contributed by atoms with Gasteiger partial charge in [-0.15, -0.1) is 0 Å². The number of hydrogen-bond acceptors (Lipinski definition) is 4. The maximum atomic E-state index is 9.81. The number of hydrogen-bond donors (Lipinski definition) is 1. The Morgan fingerprint density at radius 1 is 1.03 bits per heavy atom. The number of methoxy groups -OCH3 is 1. The highest BCUT2D eigenvalue weighted by Crippen LogP contribution is 2.35. The minimum Gasteiger partial charge on any atom is -0.496 e. The Morgan fingerprint density at radius 3 is 2.50 bits per heavy atom. The molecular formula is C28H29NO3. The summed E-state index contributed by atoms with van der Waals surface area (Å²) in [6, 6.07) is 24.5. The standard InChI is InChI=1S/C28H29NO3/c1-28(2,30)17-16-21-12-14-22(15-13-21)18-29-19-23-8-4-6-10-25(23)32-27(20-29)24-9-5-7-11-26(24)31-3/h4-15,27,30H,18-20H2,1-3H3. The van der Waals surface area contributed by atoms with E-state index in [1.165, 1.54) is 11.1 Å². The predicted molar refractivity (Wildman–Crippen MR) is 127 cm³/mol. The Morgan fingerprint density at radius 2 is 1.75 bits per heavy atom. The molecule has 1 heterocycles. The van der Waals surface area contributed by atoms with Gasteiger partial charge < -0.3 is 14.6 Å². The van der Waals surface area contributed by atoms with E-state index in [-0.39, 0.29) is 6.10 Å². The van der Waals surface area contributed by atoms with Crippen LogP contribution in [0.3, 0.4) is 0 Å². The van der Waals surface area contributed by atoms with Crippen LogP contribution in [0.1, 0.15) is 42.2 Å². The number of ether oxygens (including phenoxy) is 2. The number of nitrogens with zero attached hydrogens (tertiary/aromatic N) is 1. The summed E-state index contributed by atoms with van der Waals surface area (Å²) in [5.74, 6) is 7.65. The van der Waals surface area contributed by atoms with E-state index in [1.807, 2.05) is 42.5 Å². The fraction of sp³-hybridized carbons (Fsp3) is 0.286. The van der Waals surface area contributed by atoms with Gasteiger partial charge in [0.15, 0.2) is 0 Å². The van der Waals surface area contributed by atoms with E-state index in [9.17, 15) is 5.11 Å². The molecule has 0 radical (unpaired) electrons. The normalized spacial score (nSPS) is 16.2. The third kappa shape index (κ3) is 5.50. The molecule has 1 atom stereocenters. The molecule has 0 spiro atoms. The fourth-order valence-corrected chi connectivity index (χ4v) is 3.87. The molecule has 164 valence electrons. The second-order valence-electron chi connectivity index (χ2n) is 8.63. The molecule has 0 aliphatic carbocycles. The first-order valence-electron chi connectivity index (χ1n) is 10.9. The van der Waals surface area contributed by atoms with E-state index in [0.29, 0.717) is 0 Å². The minimum atomic E-state index is -0.994. The van der Waals surface area contributed by atoms with Crippen LogP contribution in [-0.2, 0) is 13.1 Å². The van der Waals surface area contributed by atoms with Gasteiger partial charge in [0, 0.05) is 36.3 Å². The molecule has 0 bridgehead atoms. The molecule has 1 N–H and O–H groups in total. The molecule has 0 saturated heterocycles. The van der Waals surface area contributed by atoms with Crippen LogP contribution in [0.5, 0.6) is 11.5 Å². The lowest BCUT2D eigenvalue weighted by atomic mass is 10.1. The van der Waals surface area contributed by atoms with Crippen LogP contribution in [0.15, 0.2) is 72.8 Å². The second-order valence-corrected chi connectivity index (χ2v) is 8.63. The average Bonchev–Trinajstić information content (AvgIpc) is 2.97. The van der Waals surface area contributed by atoms with Gasteiger partial charge in [-0.3, -0.25) is 4.90 Å². The van der Waals surface area contributed by atoms with Gasteiger partial charge in [-0.1, -0.05) is 60.4 Å². The lowest BCUT2D eigenvalue weighted by Gasteiger charge is -2.25. The van der Waals surface area contributed by atoms with Crippen molar-refractivity contribution in [3.63, 3.8) is 0 Å². The third-order valence-electron chi connectivity index (χ3n) is 5.42. The van der Waals surface area contributed by atoms with E-state index in [4.69, 9.17) is 9.47 Å². The number of rotatable bonds is 4. The molecule has 3 aromatic carbocycles. The Kier molecular flexibility index (Phi) is 6.50. The molecule has 1 unspecified atom stereocenters. The first-order chi connectivity index (χ1) is 15.4. The Hall–Kier alpha value is -3.26. The zero-order chi connectivity index (χ0) is 22.6. The summed E-state index contributed by atoms with van der Waals surface area (Å²) in [5, 5.41) is 9.81. The van der Waals surface area contributed by atoms with Crippen LogP contribution in [0.25, 0.3) is 0 Å². The summed E-state index contributed by atoms with van der Waals surface area (Å²) in [7, 11) is 1.70. The van der Waals surface area contributed by atoms with Gasteiger partial charge in [-0.2, -0.15) is 0 Å². The Bertz CT molecular complexity index is 1120. The highest BCUT2D eigenvalue weighted by molar-refractivity contribution is 5.40. The predicted octanol–water partition coefficient (Wildman–Crippen LogP) is 4.95. The zero-order valence-electron chi connectivity index (χ0n) is 18.8. The van der Waals surface area contributed by atoms with Gasteiger partial charge in [0.05, 0.1) is 7.11 Å². The number of benzene rings is 3. The van der Waals surface area contributed by atoms with Gasteiger partial charge in [0.2, 0.25) is 0 Å². The molecule has 4 rings (SSSR count). The van der Waals surface area contributed by atoms with Crippen molar-refractivity contribution in [3.8, 4) is 23.3 Å². The van der Waals surface area contributed by atoms with E-state index < -0.39 is 5.60 Å². The summed E-state index contributed by atoms with van der Waals surface area (Å²) in [6.45, 7) is 5.72. The van der Waals surface area contributed by atoms with E-state index >= 15 is 0 Å². The number of aliphatic hydroxyl groups is 1. The molecule has 3 aromatic rings. The van der Waals surface area contributed by atoms with Gasteiger partial charge in [-0.25, -0.2) is 0 Å². The van der Waals surface area contributed by atoms with Crippen molar-refractivity contribution in [2.24, 2.45) is 0 Å². The van der Waals surface area contributed by atoms with Crippen LogP contribution in [0.2, 0.25) is 0 Å². The van der Waals surface area contributed by atoms with Gasteiger partial charge in [0.1, 0.15) is 23.2 Å². The molecular weight excluding hydrogens is 398 g/mol. The van der Waals surface area contributed by atoms with Crippen LogP contribution in [-0.4, -0.2) is 29.3 Å². The number of fused-ring (bicyclic) bond motifs is 1. The zero-order valence-corrected chi connectivity index (χ0v) is 18.8. The summed E-state index contributed by atoms with van der Waals surface area (Å²) >= 11 is 0. The van der Waals surface area contributed by atoms with E-state index in [0.717, 1.165) is 42.3 Å². The van der Waals surface area contributed by atoms with Crippen molar-refractivity contribution in [3.05, 3.63) is 95.1 Å². The first-order valence-corrected chi connectivity index (χ1v) is 10.9. The minimum absolute atomic E-state index is 0.133. The second kappa shape index (κ2) is 9.48. The van der Waals surface area contributed by atoms with Crippen LogP contribution < -0.4 is 9.47 Å². The topological polar surface area (TPSA) is 41.9 Å². The van der Waals surface area contributed by atoms with Crippen LogP contribution >= 0.6 is 0 Å². The summed E-state index contributed by atoms with van der Waals surface area (Å²) < 4.78 is 12.1. The Balaban J connectivity index is 1.58. The van der Waals surface area contributed by atoms with Gasteiger partial charge >= 0.3 is 0 Å². The molecule has 0 aromatic heterocycles. The van der Waals surface area contributed by atoms with Crippen molar-refractivity contribution in [1.82, 2.24) is 4.90 Å². The molecule has 4 heteroatoms. The smallest absolute Gasteiger partial charge is 0.140 e. The quantitative estimate of drug-likeness (QED) is 0.598. The highest BCUT2D eigenvalue weighted by atomic mass is 16.5. The monoisotopic (exact) mass is 427 g/mol. The van der Waals surface area contributed by atoms with Crippen LogP contribution in [0, 0.1) is 11.8 Å². The lowest BCUT2D eigenvalue weighted by Crippen LogP contribution is -2.28. The summed E-state index contributed by atoms with van der Waals surface area (Å²) in [6.07, 6.45) is -0.133. The largest absolute Gasteiger partial charge is 0.496 e. The van der Waals surface area contributed by atoms with Crippen molar-refractivity contribution in [2.75, 3.05) is 13.7 Å². The molecule has 1 aliphatic rings. The number of para-hydroxylation sites is 2. The van der Waals surface area contributed by atoms with Crippen molar-refractivity contribution < 1.29 is 14.6 Å². The molecule has 1 aliphatic heterocycles. The molecule has 4 nitrogen and oxygen atoms in total. The molecule has 0 saturated carbocycles. The summed E-state index contributed by atoms with van der Waals surface area (Å²) in [5.41, 5.74) is 3.34. The molecule has 32 heavy (non-hydrogen) atoms. The molecule has 0 fully saturated rings. The maximum Gasteiger partial charge on any atom is 0.140 e. The van der Waals surface area contributed by atoms with Crippen molar-refractivity contribution in [2.45, 2.75) is 38.6 Å². The van der Waals surface area contributed by atoms with E-state index in [1.54, 1.807) is 21.0 Å². The lowest BCUT2D eigenvalue weighted by molar-refractivity contribution is 0.141. The molecule has 0 amide bonds. The van der Waals surface area contributed by atoms with Gasteiger partial charge in [0.25, 0.3) is 0 Å². The first kappa shape index (κ1) is 22.0. The van der Waals surface area contributed by atoms with Gasteiger partial charge in [-0.05, 0) is 43.7 Å². The Labute approximate surface area is 190 Å². The fourth-order valence-electron chi connectivity index (χ4n) is 3.87. The van der Waals surface area contributed by atoms with Crippen molar-refractivity contribution in [1.29, 1.82) is 0 Å². The van der Waals surface area contributed by atoms with Crippen LogP contribution in [0.4, 0.5) is 0 Å².